The van der Waals surface area contributed by atoms with Gasteiger partial charge in [-0.1, -0.05) is 6.92 Å². The van der Waals surface area contributed by atoms with Crippen molar-refractivity contribution in [3.05, 3.63) is 29.6 Å². The fraction of sp³-hybridized carbons (Fsp3) is 0.333. The van der Waals surface area contributed by atoms with Crippen molar-refractivity contribution in [2.75, 3.05) is 6.61 Å². The Morgan fingerprint density at radius 3 is 3.50 bits per heavy atom. The highest BCUT2D eigenvalue weighted by molar-refractivity contribution is 5.91. The summed E-state index contributed by atoms with van der Waals surface area (Å²) in [5.41, 5.74) is 1.18. The highest BCUT2D eigenvalue weighted by Crippen LogP contribution is 2.23. The van der Waals surface area contributed by atoms with Crippen LogP contribution in [0, 0.1) is 0 Å². The molecule has 1 aromatic rings. The molecule has 0 amide bonds. The molecule has 1 unspecified atom stereocenters. The van der Waals surface area contributed by atoms with Gasteiger partial charge in [-0.3, -0.25) is 4.98 Å². The molecule has 0 bridgehead atoms. The molecule has 0 N–H and O–H groups in total. The molecule has 0 aromatic carbocycles. The van der Waals surface area contributed by atoms with Crippen LogP contribution in [0.2, 0.25) is 0 Å². The Morgan fingerprint density at radius 2 is 2.67 bits per heavy atom. The molecule has 1 aliphatic rings. The fourth-order valence-corrected chi connectivity index (χ4v) is 1.28. The first kappa shape index (κ1) is 6.17. The SMILES string of the molecule is [2H]c1ccc2c(n1)C(C)COC2=O. The van der Waals surface area contributed by atoms with Crippen molar-refractivity contribution < 1.29 is 10.9 Å². The molecule has 3 nitrogen and oxygen atoms in total. The summed E-state index contributed by atoms with van der Waals surface area (Å²) in [4.78, 5) is 15.2. The van der Waals surface area contributed by atoms with Gasteiger partial charge in [-0.25, -0.2) is 4.79 Å². The number of carbonyl (C=O) groups is 1. The summed E-state index contributed by atoms with van der Waals surface area (Å²) in [5.74, 6) is -0.237. The summed E-state index contributed by atoms with van der Waals surface area (Å²) in [7, 11) is 0. The maximum absolute atomic E-state index is 11.2. The maximum Gasteiger partial charge on any atom is 0.340 e. The maximum atomic E-state index is 11.2. The number of nitrogens with zero attached hydrogens (tertiary/aromatic N) is 1. The van der Waals surface area contributed by atoms with Crippen LogP contribution >= 0.6 is 0 Å². The summed E-state index contributed by atoms with van der Waals surface area (Å²) in [6.45, 7) is 2.29. The predicted octanol–water partition coefficient (Wildman–Crippen LogP) is 1.36. The number of ether oxygens (including phenoxy) is 1. The van der Waals surface area contributed by atoms with Gasteiger partial charge in [0.1, 0.15) is 0 Å². The number of hydrogen-bond donors (Lipinski definition) is 0. The molecular formula is C9H9NO2. The van der Waals surface area contributed by atoms with Crippen LogP contribution in [0.15, 0.2) is 18.3 Å². The Bertz CT molecular complexity index is 365. The molecule has 62 valence electrons. The second kappa shape index (κ2) is 2.59. The minimum atomic E-state index is -0.333. The van der Waals surface area contributed by atoms with Gasteiger partial charge in [0.15, 0.2) is 0 Å². The third kappa shape index (κ3) is 0.978. The third-order valence-corrected chi connectivity index (χ3v) is 1.94. The molecule has 0 saturated carbocycles. The van der Waals surface area contributed by atoms with Crippen molar-refractivity contribution in [1.82, 2.24) is 4.98 Å². The van der Waals surface area contributed by atoms with E-state index in [9.17, 15) is 4.79 Å². The lowest BCUT2D eigenvalue weighted by atomic mass is 10.0. The molecule has 1 aliphatic heterocycles. The van der Waals surface area contributed by atoms with Crippen LogP contribution < -0.4 is 0 Å². The van der Waals surface area contributed by atoms with Crippen LogP contribution in [0.4, 0.5) is 0 Å². The van der Waals surface area contributed by atoms with Crippen LogP contribution in [-0.2, 0) is 4.74 Å². The lowest BCUT2D eigenvalue weighted by molar-refractivity contribution is 0.0444. The average Bonchev–Trinajstić information content (AvgIpc) is 2.12. The van der Waals surface area contributed by atoms with Gasteiger partial charge in [-0.2, -0.15) is 0 Å². The van der Waals surface area contributed by atoms with Gasteiger partial charge < -0.3 is 4.74 Å². The Hall–Kier alpha value is -1.38. The third-order valence-electron chi connectivity index (χ3n) is 1.94. The number of carbonyl (C=O) groups excluding carboxylic acids is 1. The molecule has 3 heteroatoms. The smallest absolute Gasteiger partial charge is 0.340 e. The minimum absolute atomic E-state index is 0.0954. The Labute approximate surface area is 71.8 Å². The van der Waals surface area contributed by atoms with E-state index in [0.717, 1.165) is 0 Å². The van der Waals surface area contributed by atoms with E-state index in [2.05, 4.69) is 4.98 Å². The Balaban J connectivity index is 2.57. The topological polar surface area (TPSA) is 39.2 Å². The second-order valence-electron chi connectivity index (χ2n) is 2.87. The lowest BCUT2D eigenvalue weighted by Crippen LogP contribution is -2.21. The van der Waals surface area contributed by atoms with Crippen LogP contribution in [-0.4, -0.2) is 17.6 Å². The molecule has 0 spiro atoms. The number of aromatic nitrogens is 1. The van der Waals surface area contributed by atoms with E-state index in [1.165, 1.54) is 6.07 Å². The lowest BCUT2D eigenvalue weighted by Gasteiger charge is -2.19. The summed E-state index contributed by atoms with van der Waals surface area (Å²) < 4.78 is 12.2. The van der Waals surface area contributed by atoms with Crippen molar-refractivity contribution >= 4 is 5.97 Å². The molecule has 2 heterocycles. The van der Waals surface area contributed by atoms with Crippen LogP contribution in [0.5, 0.6) is 0 Å². The van der Waals surface area contributed by atoms with E-state index in [-0.39, 0.29) is 18.1 Å². The van der Waals surface area contributed by atoms with Crippen LogP contribution in [0.1, 0.15) is 30.3 Å². The minimum Gasteiger partial charge on any atom is -0.461 e. The fourth-order valence-electron chi connectivity index (χ4n) is 1.28. The molecule has 1 aromatic heterocycles. The van der Waals surface area contributed by atoms with Crippen molar-refractivity contribution in [2.45, 2.75) is 12.8 Å². The number of esters is 1. The summed E-state index contributed by atoms with van der Waals surface area (Å²) in [5, 5.41) is 0. The zero-order chi connectivity index (χ0) is 9.42. The number of cyclic esters (lactones) is 1. The van der Waals surface area contributed by atoms with Gasteiger partial charge in [0, 0.05) is 12.1 Å². The molecule has 1 atom stereocenters. The van der Waals surface area contributed by atoms with E-state index in [0.29, 0.717) is 17.9 Å². The standard InChI is InChI=1S/C9H9NO2/c1-6-5-12-9(11)7-3-2-4-10-8(6)7/h2-4,6H,5H2,1H3/i4D. The first-order valence-electron chi connectivity index (χ1n) is 4.33. The number of pyridine rings is 1. The highest BCUT2D eigenvalue weighted by Gasteiger charge is 2.24. The molecule has 0 fully saturated rings. The normalized spacial score (nSPS) is 22.6. The first-order chi connectivity index (χ1) is 6.18. The van der Waals surface area contributed by atoms with Gasteiger partial charge in [0.05, 0.1) is 19.2 Å². The number of fused-ring (bicyclic) bond motifs is 1. The molecule has 0 aliphatic carbocycles. The van der Waals surface area contributed by atoms with Crippen LogP contribution in [0.3, 0.4) is 0 Å². The van der Waals surface area contributed by atoms with Gasteiger partial charge >= 0.3 is 5.97 Å². The quantitative estimate of drug-likeness (QED) is 0.543. The molecule has 0 saturated heterocycles. The summed E-state index contributed by atoms with van der Waals surface area (Å²) in [6, 6.07) is 3.10. The van der Waals surface area contributed by atoms with Gasteiger partial charge in [0.2, 0.25) is 0 Å². The Kier molecular flexibility index (Phi) is 1.33. The van der Waals surface area contributed by atoms with E-state index in [1.807, 2.05) is 6.92 Å². The van der Waals surface area contributed by atoms with E-state index in [1.54, 1.807) is 6.07 Å². The summed E-state index contributed by atoms with van der Waals surface area (Å²) in [6.07, 6.45) is 0.195. The van der Waals surface area contributed by atoms with Gasteiger partial charge in [0.25, 0.3) is 0 Å². The molecular weight excluding hydrogens is 154 g/mol. The molecule has 2 rings (SSSR count). The predicted molar refractivity (Wildman–Crippen MR) is 42.9 cm³/mol. The zero-order valence-corrected chi connectivity index (χ0v) is 6.70. The molecule has 0 radical (unpaired) electrons. The first-order valence-corrected chi connectivity index (χ1v) is 3.83. The highest BCUT2D eigenvalue weighted by atomic mass is 16.5. The van der Waals surface area contributed by atoms with E-state index < -0.39 is 0 Å². The average molecular weight is 164 g/mol. The Morgan fingerprint density at radius 1 is 1.83 bits per heavy atom. The van der Waals surface area contributed by atoms with E-state index in [4.69, 9.17) is 6.11 Å². The van der Waals surface area contributed by atoms with E-state index >= 15 is 0 Å². The van der Waals surface area contributed by atoms with Crippen molar-refractivity contribution in [3.8, 4) is 0 Å². The molecule has 12 heavy (non-hydrogen) atoms. The number of rotatable bonds is 0. The second-order valence-corrected chi connectivity index (χ2v) is 2.87. The van der Waals surface area contributed by atoms with Crippen molar-refractivity contribution in [3.63, 3.8) is 0 Å². The number of hydrogen-bond acceptors (Lipinski definition) is 3. The zero-order valence-electron chi connectivity index (χ0n) is 7.70. The van der Waals surface area contributed by atoms with Crippen molar-refractivity contribution in [1.29, 1.82) is 0 Å². The van der Waals surface area contributed by atoms with Gasteiger partial charge in [-0.15, -0.1) is 0 Å². The van der Waals surface area contributed by atoms with Gasteiger partial charge in [-0.05, 0) is 12.1 Å². The van der Waals surface area contributed by atoms with Crippen molar-refractivity contribution in [2.24, 2.45) is 0 Å². The largest absolute Gasteiger partial charge is 0.461 e. The monoisotopic (exact) mass is 164 g/mol. The summed E-state index contributed by atoms with van der Waals surface area (Å²) >= 11 is 0. The van der Waals surface area contributed by atoms with Crippen LogP contribution in [0.25, 0.3) is 0 Å².